The summed E-state index contributed by atoms with van der Waals surface area (Å²) in [6, 6.07) is 8.16. The molecule has 1 aromatic carbocycles. The van der Waals surface area contributed by atoms with Gasteiger partial charge in [0.25, 0.3) is 0 Å². The Morgan fingerprint density at radius 2 is 1.75 bits per heavy atom. The molecule has 0 radical (unpaired) electrons. The summed E-state index contributed by atoms with van der Waals surface area (Å²) in [6.07, 6.45) is 3.17. The molecule has 0 fully saturated rings. The van der Waals surface area contributed by atoms with Gasteiger partial charge in [-0.1, -0.05) is 45.0 Å². The maximum absolute atomic E-state index is 10.9. The molecule has 0 atom stereocenters. The fourth-order valence-corrected chi connectivity index (χ4v) is 1.33. The minimum Gasteiger partial charge on any atom is -0.466 e. The molecule has 2 heteroatoms. The number of rotatable bonds is 2. The Kier molecular flexibility index (Phi) is 3.88. The van der Waals surface area contributed by atoms with Crippen molar-refractivity contribution >= 4 is 12.0 Å². The monoisotopic (exact) mass is 218 g/mol. The van der Waals surface area contributed by atoms with E-state index >= 15 is 0 Å². The predicted octanol–water partition coefficient (Wildman–Crippen LogP) is 3.17. The van der Waals surface area contributed by atoms with Gasteiger partial charge in [0.15, 0.2) is 0 Å². The van der Waals surface area contributed by atoms with E-state index in [0.717, 1.165) is 5.56 Å². The van der Waals surface area contributed by atoms with Crippen LogP contribution in [0.4, 0.5) is 0 Å². The molecule has 16 heavy (non-hydrogen) atoms. The molecule has 1 aromatic rings. The number of hydrogen-bond acceptors (Lipinski definition) is 2. The second-order valence-corrected chi connectivity index (χ2v) is 4.73. The molecular formula is C14H18O2. The molecule has 0 aromatic heterocycles. The Balaban J connectivity index is 2.80. The third-order valence-corrected chi connectivity index (χ3v) is 2.39. The summed E-state index contributed by atoms with van der Waals surface area (Å²) in [4.78, 5) is 10.9. The fraction of sp³-hybridized carbons (Fsp3) is 0.357. The molecule has 0 saturated heterocycles. The van der Waals surface area contributed by atoms with Gasteiger partial charge in [-0.2, -0.15) is 0 Å². The van der Waals surface area contributed by atoms with E-state index in [9.17, 15) is 4.79 Å². The van der Waals surface area contributed by atoms with Crippen molar-refractivity contribution in [2.24, 2.45) is 0 Å². The molecule has 2 nitrogen and oxygen atoms in total. The number of esters is 1. The number of carbonyl (C=O) groups excluding carboxylic acids is 1. The van der Waals surface area contributed by atoms with Crippen LogP contribution in [-0.2, 0) is 14.9 Å². The largest absolute Gasteiger partial charge is 0.466 e. The zero-order valence-electron chi connectivity index (χ0n) is 10.3. The summed E-state index contributed by atoms with van der Waals surface area (Å²) in [5.74, 6) is -0.333. The van der Waals surface area contributed by atoms with E-state index in [1.165, 1.54) is 18.7 Å². The predicted molar refractivity (Wildman–Crippen MR) is 66.2 cm³/mol. The number of hydrogen-bond donors (Lipinski definition) is 0. The van der Waals surface area contributed by atoms with Gasteiger partial charge in [0.2, 0.25) is 0 Å². The third-order valence-electron chi connectivity index (χ3n) is 2.39. The summed E-state index contributed by atoms with van der Waals surface area (Å²) in [5.41, 5.74) is 2.44. The lowest BCUT2D eigenvalue weighted by Crippen LogP contribution is -2.10. The van der Waals surface area contributed by atoms with E-state index in [1.54, 1.807) is 6.08 Å². The summed E-state index contributed by atoms with van der Waals surface area (Å²) in [7, 11) is 1.37. The molecule has 0 amide bonds. The van der Waals surface area contributed by atoms with Crippen LogP contribution in [0.15, 0.2) is 30.3 Å². The highest BCUT2D eigenvalue weighted by molar-refractivity contribution is 5.86. The molecular weight excluding hydrogens is 200 g/mol. The quantitative estimate of drug-likeness (QED) is 0.563. The van der Waals surface area contributed by atoms with Crippen molar-refractivity contribution in [1.29, 1.82) is 0 Å². The molecule has 0 bridgehead atoms. The smallest absolute Gasteiger partial charge is 0.330 e. The van der Waals surface area contributed by atoms with E-state index in [2.05, 4.69) is 37.6 Å². The average Bonchev–Trinajstić information content (AvgIpc) is 2.25. The van der Waals surface area contributed by atoms with Crippen molar-refractivity contribution in [3.8, 4) is 0 Å². The Bertz CT molecular complexity index is 380. The third kappa shape index (κ3) is 3.54. The first kappa shape index (κ1) is 12.5. The maximum atomic E-state index is 10.9. The first-order chi connectivity index (χ1) is 7.43. The van der Waals surface area contributed by atoms with Gasteiger partial charge in [0.05, 0.1) is 7.11 Å². The van der Waals surface area contributed by atoms with Crippen molar-refractivity contribution in [2.45, 2.75) is 26.2 Å². The molecule has 86 valence electrons. The number of methoxy groups -OCH3 is 1. The van der Waals surface area contributed by atoms with Crippen molar-refractivity contribution in [1.82, 2.24) is 0 Å². The van der Waals surface area contributed by atoms with Gasteiger partial charge in [-0.25, -0.2) is 4.79 Å². The number of benzene rings is 1. The minimum absolute atomic E-state index is 0.157. The molecule has 0 aliphatic carbocycles. The van der Waals surface area contributed by atoms with Crippen LogP contribution >= 0.6 is 0 Å². The SMILES string of the molecule is COC(=O)/C=C/c1ccc(C(C)(C)C)cc1. The minimum atomic E-state index is -0.333. The lowest BCUT2D eigenvalue weighted by Gasteiger charge is -2.18. The standard InChI is InChI=1S/C14H18O2/c1-14(2,3)12-8-5-11(6-9-12)7-10-13(15)16-4/h5-10H,1-4H3/b10-7+. The zero-order chi connectivity index (χ0) is 12.2. The van der Waals surface area contributed by atoms with Gasteiger partial charge in [0.1, 0.15) is 0 Å². The Labute approximate surface area is 96.9 Å². The van der Waals surface area contributed by atoms with E-state index < -0.39 is 0 Å². The molecule has 0 N–H and O–H groups in total. The second kappa shape index (κ2) is 4.97. The lowest BCUT2D eigenvalue weighted by atomic mass is 9.87. The molecule has 0 aliphatic heterocycles. The van der Waals surface area contributed by atoms with Crippen LogP contribution in [0.3, 0.4) is 0 Å². The molecule has 1 rings (SSSR count). The average molecular weight is 218 g/mol. The van der Waals surface area contributed by atoms with Crippen molar-refractivity contribution in [3.05, 3.63) is 41.5 Å². The highest BCUT2D eigenvalue weighted by Gasteiger charge is 2.12. The first-order valence-corrected chi connectivity index (χ1v) is 5.30. The molecule has 0 spiro atoms. The number of ether oxygens (including phenoxy) is 1. The second-order valence-electron chi connectivity index (χ2n) is 4.73. The summed E-state index contributed by atoms with van der Waals surface area (Å²) in [5, 5.41) is 0. The Morgan fingerprint density at radius 1 is 1.19 bits per heavy atom. The topological polar surface area (TPSA) is 26.3 Å². The zero-order valence-corrected chi connectivity index (χ0v) is 10.3. The number of carbonyl (C=O) groups is 1. The van der Waals surface area contributed by atoms with Crippen molar-refractivity contribution in [3.63, 3.8) is 0 Å². The highest BCUT2D eigenvalue weighted by Crippen LogP contribution is 2.22. The van der Waals surface area contributed by atoms with E-state index in [0.29, 0.717) is 0 Å². The van der Waals surface area contributed by atoms with Crippen LogP contribution in [0.5, 0.6) is 0 Å². The lowest BCUT2D eigenvalue weighted by molar-refractivity contribution is -0.134. The normalized spacial score (nSPS) is 11.8. The Morgan fingerprint density at radius 3 is 2.19 bits per heavy atom. The molecule has 0 saturated carbocycles. The Hall–Kier alpha value is -1.57. The van der Waals surface area contributed by atoms with Gasteiger partial charge < -0.3 is 4.74 Å². The van der Waals surface area contributed by atoms with Crippen LogP contribution in [0.2, 0.25) is 0 Å². The van der Waals surface area contributed by atoms with Crippen LogP contribution in [-0.4, -0.2) is 13.1 Å². The maximum Gasteiger partial charge on any atom is 0.330 e. The summed E-state index contributed by atoms with van der Waals surface area (Å²) < 4.78 is 4.52. The summed E-state index contributed by atoms with van der Waals surface area (Å²) >= 11 is 0. The van der Waals surface area contributed by atoms with Gasteiger partial charge >= 0.3 is 5.97 Å². The summed E-state index contributed by atoms with van der Waals surface area (Å²) in [6.45, 7) is 6.52. The molecule has 0 aliphatic rings. The van der Waals surface area contributed by atoms with Gasteiger partial charge in [-0.15, -0.1) is 0 Å². The van der Waals surface area contributed by atoms with E-state index in [4.69, 9.17) is 0 Å². The van der Waals surface area contributed by atoms with E-state index in [1.807, 2.05) is 12.1 Å². The molecule has 0 unspecified atom stereocenters. The van der Waals surface area contributed by atoms with Crippen LogP contribution < -0.4 is 0 Å². The van der Waals surface area contributed by atoms with Crippen molar-refractivity contribution in [2.75, 3.05) is 7.11 Å². The van der Waals surface area contributed by atoms with E-state index in [-0.39, 0.29) is 11.4 Å². The van der Waals surface area contributed by atoms with Crippen LogP contribution in [0, 0.1) is 0 Å². The van der Waals surface area contributed by atoms with Gasteiger partial charge in [-0.3, -0.25) is 0 Å². The van der Waals surface area contributed by atoms with Crippen molar-refractivity contribution < 1.29 is 9.53 Å². The van der Waals surface area contributed by atoms with Crippen LogP contribution in [0.1, 0.15) is 31.9 Å². The van der Waals surface area contributed by atoms with Gasteiger partial charge in [0, 0.05) is 6.08 Å². The molecule has 0 heterocycles. The first-order valence-electron chi connectivity index (χ1n) is 5.30. The van der Waals surface area contributed by atoms with Crippen LogP contribution in [0.25, 0.3) is 6.08 Å². The highest BCUT2D eigenvalue weighted by atomic mass is 16.5. The van der Waals surface area contributed by atoms with Gasteiger partial charge in [-0.05, 0) is 22.6 Å². The fourth-order valence-electron chi connectivity index (χ4n) is 1.33.